The Bertz CT molecular complexity index is 1210. The van der Waals surface area contributed by atoms with E-state index < -0.39 is 0 Å². The highest BCUT2D eigenvalue weighted by atomic mass is 16.5. The molecule has 1 aliphatic carbocycles. The molecule has 192 valence electrons. The van der Waals surface area contributed by atoms with Crippen molar-refractivity contribution in [2.75, 3.05) is 44.7 Å². The minimum Gasteiger partial charge on any atom is -0.497 e. The fourth-order valence-electron chi connectivity index (χ4n) is 4.75. The van der Waals surface area contributed by atoms with E-state index in [4.69, 9.17) is 4.74 Å². The van der Waals surface area contributed by atoms with Crippen LogP contribution in [0.3, 0.4) is 0 Å². The van der Waals surface area contributed by atoms with Gasteiger partial charge in [-0.1, -0.05) is 42.5 Å². The van der Waals surface area contributed by atoms with Gasteiger partial charge in [-0.15, -0.1) is 10.2 Å². The van der Waals surface area contributed by atoms with Crippen molar-refractivity contribution in [2.45, 2.75) is 31.7 Å². The summed E-state index contributed by atoms with van der Waals surface area (Å²) in [5.41, 5.74) is 2.72. The van der Waals surface area contributed by atoms with Crippen LogP contribution in [-0.4, -0.2) is 77.7 Å². The molecule has 2 fully saturated rings. The SMILES string of the molecule is COc1cccc(-c2ccc(N3CCCN(C(=O)CN(C(=O)Cc4ccccc4)C4CC4)CC3)nn2)c1. The Balaban J connectivity index is 1.18. The first-order valence-corrected chi connectivity index (χ1v) is 12.9. The molecule has 3 aromatic rings. The maximum Gasteiger partial charge on any atom is 0.242 e. The van der Waals surface area contributed by atoms with Crippen LogP contribution in [-0.2, 0) is 16.0 Å². The lowest BCUT2D eigenvalue weighted by atomic mass is 10.1. The quantitative estimate of drug-likeness (QED) is 0.473. The van der Waals surface area contributed by atoms with Gasteiger partial charge in [0.05, 0.1) is 19.2 Å². The minimum absolute atomic E-state index is 0.0228. The number of rotatable bonds is 8. The summed E-state index contributed by atoms with van der Waals surface area (Å²) in [6.45, 7) is 2.92. The lowest BCUT2D eigenvalue weighted by Crippen LogP contribution is -2.45. The molecular weight excluding hydrogens is 466 g/mol. The van der Waals surface area contributed by atoms with E-state index in [1.54, 1.807) is 12.0 Å². The van der Waals surface area contributed by atoms with E-state index in [0.29, 0.717) is 26.1 Å². The zero-order valence-corrected chi connectivity index (χ0v) is 21.3. The van der Waals surface area contributed by atoms with Crippen molar-refractivity contribution in [2.24, 2.45) is 0 Å². The van der Waals surface area contributed by atoms with Crippen LogP contribution in [0, 0.1) is 0 Å². The largest absolute Gasteiger partial charge is 0.497 e. The highest BCUT2D eigenvalue weighted by Gasteiger charge is 2.35. The molecule has 1 aromatic heterocycles. The summed E-state index contributed by atoms with van der Waals surface area (Å²) in [4.78, 5) is 32.1. The number of benzene rings is 2. The van der Waals surface area contributed by atoms with Gasteiger partial charge in [0.2, 0.25) is 11.8 Å². The first kappa shape index (κ1) is 24.7. The van der Waals surface area contributed by atoms with Gasteiger partial charge in [-0.05, 0) is 49.1 Å². The van der Waals surface area contributed by atoms with E-state index in [1.165, 1.54) is 0 Å². The Morgan fingerprint density at radius 3 is 2.51 bits per heavy atom. The molecule has 0 bridgehead atoms. The first-order chi connectivity index (χ1) is 18.1. The number of nitrogens with zero attached hydrogens (tertiary/aromatic N) is 5. The first-order valence-electron chi connectivity index (χ1n) is 12.9. The second-order valence-corrected chi connectivity index (χ2v) is 9.65. The van der Waals surface area contributed by atoms with Gasteiger partial charge >= 0.3 is 0 Å². The smallest absolute Gasteiger partial charge is 0.242 e. The molecule has 2 aromatic carbocycles. The zero-order chi connectivity index (χ0) is 25.6. The van der Waals surface area contributed by atoms with Crippen LogP contribution >= 0.6 is 0 Å². The molecule has 2 amide bonds. The minimum atomic E-state index is 0.0228. The van der Waals surface area contributed by atoms with Gasteiger partial charge in [0.15, 0.2) is 5.82 Å². The van der Waals surface area contributed by atoms with E-state index in [-0.39, 0.29) is 24.4 Å². The second-order valence-electron chi connectivity index (χ2n) is 9.65. The number of methoxy groups -OCH3 is 1. The molecule has 1 aliphatic heterocycles. The number of carbonyl (C=O) groups is 2. The van der Waals surface area contributed by atoms with Crippen molar-refractivity contribution < 1.29 is 14.3 Å². The zero-order valence-electron chi connectivity index (χ0n) is 21.3. The molecular formula is C29H33N5O3. The number of amides is 2. The van der Waals surface area contributed by atoms with Crippen LogP contribution in [0.1, 0.15) is 24.8 Å². The van der Waals surface area contributed by atoms with Gasteiger partial charge in [0.25, 0.3) is 0 Å². The van der Waals surface area contributed by atoms with Crippen molar-refractivity contribution in [1.82, 2.24) is 20.0 Å². The van der Waals surface area contributed by atoms with Gasteiger partial charge in [0.1, 0.15) is 12.3 Å². The number of hydrogen-bond donors (Lipinski definition) is 0. The Morgan fingerprint density at radius 2 is 1.78 bits per heavy atom. The Labute approximate surface area is 217 Å². The van der Waals surface area contributed by atoms with E-state index in [1.807, 2.05) is 71.6 Å². The van der Waals surface area contributed by atoms with E-state index in [0.717, 1.165) is 54.2 Å². The predicted molar refractivity (Wildman–Crippen MR) is 142 cm³/mol. The topological polar surface area (TPSA) is 78.9 Å². The predicted octanol–water partition coefficient (Wildman–Crippen LogP) is 3.42. The number of hydrogen-bond acceptors (Lipinski definition) is 6. The third-order valence-electron chi connectivity index (χ3n) is 7.00. The maximum atomic E-state index is 13.2. The van der Waals surface area contributed by atoms with Crippen LogP contribution < -0.4 is 9.64 Å². The van der Waals surface area contributed by atoms with Gasteiger partial charge in [-0.3, -0.25) is 9.59 Å². The molecule has 1 saturated carbocycles. The van der Waals surface area contributed by atoms with Crippen LogP contribution in [0.25, 0.3) is 11.3 Å². The van der Waals surface area contributed by atoms with Crippen LogP contribution in [0.4, 0.5) is 5.82 Å². The summed E-state index contributed by atoms with van der Waals surface area (Å²) in [6.07, 6.45) is 3.13. The Hall–Kier alpha value is -3.94. The molecule has 0 unspecified atom stereocenters. The van der Waals surface area contributed by atoms with Gasteiger partial charge in [-0.25, -0.2) is 0 Å². The summed E-state index contributed by atoms with van der Waals surface area (Å²) < 4.78 is 5.31. The molecule has 37 heavy (non-hydrogen) atoms. The fourth-order valence-corrected chi connectivity index (χ4v) is 4.75. The van der Waals surface area contributed by atoms with Gasteiger partial charge in [0, 0.05) is 37.8 Å². The van der Waals surface area contributed by atoms with Gasteiger partial charge in [-0.2, -0.15) is 0 Å². The lowest BCUT2D eigenvalue weighted by Gasteiger charge is -2.27. The number of carbonyl (C=O) groups excluding carboxylic acids is 2. The van der Waals surface area contributed by atoms with E-state index >= 15 is 0 Å². The normalized spacial score (nSPS) is 15.7. The van der Waals surface area contributed by atoms with Crippen LogP contribution in [0.5, 0.6) is 5.75 Å². The molecule has 1 saturated heterocycles. The highest BCUT2D eigenvalue weighted by Crippen LogP contribution is 2.28. The third-order valence-corrected chi connectivity index (χ3v) is 7.00. The molecule has 5 rings (SSSR count). The number of anilines is 1. The van der Waals surface area contributed by atoms with Crippen molar-refractivity contribution >= 4 is 17.6 Å². The highest BCUT2D eigenvalue weighted by molar-refractivity contribution is 5.86. The van der Waals surface area contributed by atoms with Crippen molar-refractivity contribution in [1.29, 1.82) is 0 Å². The second kappa shape index (κ2) is 11.4. The summed E-state index contributed by atoms with van der Waals surface area (Å²) in [6, 6.07) is 21.6. The summed E-state index contributed by atoms with van der Waals surface area (Å²) >= 11 is 0. The molecule has 8 heteroatoms. The van der Waals surface area contributed by atoms with Crippen molar-refractivity contribution in [3.05, 3.63) is 72.3 Å². The van der Waals surface area contributed by atoms with Crippen LogP contribution in [0.2, 0.25) is 0 Å². The molecule has 0 radical (unpaired) electrons. The standard InChI is InChI=1S/C29H33N5O3/c1-37-25-10-5-9-23(20-25)26-13-14-27(31-30-26)32-15-6-16-33(18-17-32)29(36)21-34(24-11-12-24)28(35)19-22-7-3-2-4-8-22/h2-5,7-10,13-14,20,24H,6,11-12,15-19,21H2,1H3. The Kier molecular flexibility index (Phi) is 7.63. The fraction of sp³-hybridized carbons (Fsp3) is 0.379. The maximum absolute atomic E-state index is 13.2. The molecule has 2 heterocycles. The van der Waals surface area contributed by atoms with Crippen molar-refractivity contribution in [3.8, 4) is 17.0 Å². The van der Waals surface area contributed by atoms with E-state index in [9.17, 15) is 9.59 Å². The van der Waals surface area contributed by atoms with Crippen LogP contribution in [0.15, 0.2) is 66.7 Å². The molecule has 0 spiro atoms. The lowest BCUT2D eigenvalue weighted by molar-refractivity contribution is -0.140. The average molecular weight is 500 g/mol. The monoisotopic (exact) mass is 499 g/mol. The van der Waals surface area contributed by atoms with Crippen molar-refractivity contribution in [3.63, 3.8) is 0 Å². The number of aromatic nitrogens is 2. The average Bonchev–Trinajstić information content (AvgIpc) is 3.80. The molecule has 2 aliphatic rings. The summed E-state index contributed by atoms with van der Waals surface area (Å²) in [5.74, 6) is 1.64. The number of ether oxygens (including phenoxy) is 1. The summed E-state index contributed by atoms with van der Waals surface area (Å²) in [5, 5.41) is 8.90. The third kappa shape index (κ3) is 6.25. The van der Waals surface area contributed by atoms with E-state index in [2.05, 4.69) is 15.1 Å². The summed E-state index contributed by atoms with van der Waals surface area (Å²) in [7, 11) is 1.65. The van der Waals surface area contributed by atoms with Gasteiger partial charge < -0.3 is 19.4 Å². The molecule has 0 N–H and O–H groups in total. The molecule has 8 nitrogen and oxygen atoms in total. The Morgan fingerprint density at radius 1 is 0.946 bits per heavy atom. The molecule has 0 atom stereocenters.